The van der Waals surface area contributed by atoms with Crippen molar-refractivity contribution >= 4 is 34.8 Å². The maximum atomic E-state index is 13.1. The van der Waals surface area contributed by atoms with Crippen LogP contribution in [0.25, 0.3) is 0 Å². The summed E-state index contributed by atoms with van der Waals surface area (Å²) >= 11 is 6.12. The van der Waals surface area contributed by atoms with Crippen LogP contribution in [-0.2, 0) is 11.3 Å². The summed E-state index contributed by atoms with van der Waals surface area (Å²) in [5.41, 5.74) is 2.21. The van der Waals surface area contributed by atoms with Crippen LogP contribution in [0.15, 0.2) is 60.7 Å². The maximum absolute atomic E-state index is 13.1. The van der Waals surface area contributed by atoms with Gasteiger partial charge in [0.05, 0.1) is 26.5 Å². The average Bonchev–Trinajstić information content (AvgIpc) is 2.81. The molecular weight excluding hydrogens is 444 g/mol. The summed E-state index contributed by atoms with van der Waals surface area (Å²) in [6, 6.07) is 17.6. The Morgan fingerprint density at radius 1 is 1.06 bits per heavy atom. The minimum absolute atomic E-state index is 0.183. The molecule has 0 saturated heterocycles. The summed E-state index contributed by atoms with van der Waals surface area (Å²) in [4.78, 5) is 27.7. The van der Waals surface area contributed by atoms with Crippen molar-refractivity contribution in [1.82, 2.24) is 0 Å². The van der Waals surface area contributed by atoms with E-state index in [1.165, 1.54) is 14.2 Å². The van der Waals surface area contributed by atoms with Gasteiger partial charge in [-0.2, -0.15) is 0 Å². The number of hydrogen-bond acceptors (Lipinski definition) is 5. The molecule has 0 saturated carbocycles. The molecule has 1 atom stereocenters. The highest BCUT2D eigenvalue weighted by atomic mass is 35.5. The van der Waals surface area contributed by atoms with Crippen molar-refractivity contribution in [3.05, 3.63) is 76.8 Å². The van der Waals surface area contributed by atoms with Gasteiger partial charge in [0, 0.05) is 10.7 Å². The van der Waals surface area contributed by atoms with Crippen LogP contribution in [0.5, 0.6) is 17.2 Å². The number of anilines is 2. The zero-order valence-corrected chi connectivity index (χ0v) is 19.2. The van der Waals surface area contributed by atoms with Crippen LogP contribution < -0.4 is 24.4 Å². The quantitative estimate of drug-likeness (QED) is 0.557. The minimum Gasteiger partial charge on any atom is -0.496 e. The summed E-state index contributed by atoms with van der Waals surface area (Å²) in [7, 11) is 2.98. The van der Waals surface area contributed by atoms with Crippen molar-refractivity contribution in [3.63, 3.8) is 0 Å². The van der Waals surface area contributed by atoms with Gasteiger partial charge in [0.2, 0.25) is 0 Å². The summed E-state index contributed by atoms with van der Waals surface area (Å²) in [6.07, 6.45) is -0.630. The standard InChI is InChI=1S/C25H23ClN2O5/c1-15-25(30)28(14-16-6-4-7-17(26)12-16)19-13-18(10-11-20(19)33-15)27-24(29)23-21(31-2)8-5-9-22(23)32-3/h4-13,15H,14H2,1-3H3,(H,27,29). The number of halogens is 1. The topological polar surface area (TPSA) is 77.1 Å². The second-order valence-electron chi connectivity index (χ2n) is 7.49. The summed E-state index contributed by atoms with van der Waals surface area (Å²) < 4.78 is 16.4. The molecule has 1 heterocycles. The lowest BCUT2D eigenvalue weighted by atomic mass is 10.1. The van der Waals surface area contributed by atoms with E-state index in [1.807, 2.05) is 18.2 Å². The molecule has 1 aliphatic heterocycles. The van der Waals surface area contributed by atoms with Crippen molar-refractivity contribution in [2.45, 2.75) is 19.6 Å². The van der Waals surface area contributed by atoms with E-state index in [0.29, 0.717) is 40.2 Å². The van der Waals surface area contributed by atoms with E-state index < -0.39 is 12.0 Å². The van der Waals surface area contributed by atoms with E-state index >= 15 is 0 Å². The van der Waals surface area contributed by atoms with E-state index in [-0.39, 0.29) is 11.5 Å². The summed E-state index contributed by atoms with van der Waals surface area (Å²) in [5.74, 6) is 0.746. The fraction of sp³-hybridized carbons (Fsp3) is 0.200. The molecule has 1 aliphatic rings. The second-order valence-corrected chi connectivity index (χ2v) is 7.92. The normalized spacial score (nSPS) is 14.8. The monoisotopic (exact) mass is 466 g/mol. The van der Waals surface area contributed by atoms with Crippen LogP contribution in [0, 0.1) is 0 Å². The van der Waals surface area contributed by atoms with Gasteiger partial charge in [-0.05, 0) is 55.0 Å². The molecule has 1 N–H and O–H groups in total. The van der Waals surface area contributed by atoms with Crippen molar-refractivity contribution < 1.29 is 23.8 Å². The lowest BCUT2D eigenvalue weighted by Crippen LogP contribution is -2.44. The third-order valence-corrected chi connectivity index (χ3v) is 5.54. The molecule has 0 aliphatic carbocycles. The Balaban J connectivity index is 1.66. The highest BCUT2D eigenvalue weighted by molar-refractivity contribution is 6.30. The van der Waals surface area contributed by atoms with Gasteiger partial charge in [0.25, 0.3) is 11.8 Å². The number of hydrogen-bond donors (Lipinski definition) is 1. The molecule has 0 bridgehead atoms. The fourth-order valence-corrected chi connectivity index (χ4v) is 3.95. The number of fused-ring (bicyclic) bond motifs is 1. The minimum atomic E-state index is -0.630. The van der Waals surface area contributed by atoms with E-state index in [1.54, 1.807) is 54.3 Å². The number of nitrogens with one attached hydrogen (secondary N) is 1. The molecule has 170 valence electrons. The zero-order chi connectivity index (χ0) is 23.5. The molecule has 3 aromatic rings. The van der Waals surface area contributed by atoms with E-state index in [9.17, 15) is 9.59 Å². The molecule has 2 amide bonds. The Kier molecular flexibility index (Phi) is 6.42. The number of amides is 2. The van der Waals surface area contributed by atoms with Crippen molar-refractivity contribution in [3.8, 4) is 17.2 Å². The van der Waals surface area contributed by atoms with Crippen LogP contribution in [0.4, 0.5) is 11.4 Å². The largest absolute Gasteiger partial charge is 0.496 e. The van der Waals surface area contributed by atoms with Gasteiger partial charge in [-0.3, -0.25) is 9.59 Å². The Hall–Kier alpha value is -3.71. The lowest BCUT2D eigenvalue weighted by molar-refractivity contribution is -0.125. The van der Waals surface area contributed by atoms with E-state index in [2.05, 4.69) is 5.32 Å². The highest BCUT2D eigenvalue weighted by Gasteiger charge is 2.32. The Morgan fingerprint density at radius 2 is 1.76 bits per heavy atom. The molecule has 3 aromatic carbocycles. The first-order chi connectivity index (χ1) is 15.9. The first kappa shape index (κ1) is 22.5. The highest BCUT2D eigenvalue weighted by Crippen LogP contribution is 2.38. The van der Waals surface area contributed by atoms with Crippen molar-refractivity contribution in [2.75, 3.05) is 24.4 Å². The molecule has 33 heavy (non-hydrogen) atoms. The third kappa shape index (κ3) is 4.59. The Morgan fingerprint density at radius 3 is 2.42 bits per heavy atom. The number of carbonyl (C=O) groups excluding carboxylic acids is 2. The summed E-state index contributed by atoms with van der Waals surface area (Å²) in [6.45, 7) is 2.03. The third-order valence-electron chi connectivity index (χ3n) is 5.31. The fourth-order valence-electron chi connectivity index (χ4n) is 3.73. The van der Waals surface area contributed by atoms with Gasteiger partial charge in [0.15, 0.2) is 6.10 Å². The molecule has 0 spiro atoms. The van der Waals surface area contributed by atoms with Gasteiger partial charge in [0.1, 0.15) is 22.8 Å². The number of methoxy groups -OCH3 is 2. The zero-order valence-electron chi connectivity index (χ0n) is 18.4. The molecule has 7 nitrogen and oxygen atoms in total. The molecular formula is C25H23ClN2O5. The van der Waals surface area contributed by atoms with Crippen LogP contribution >= 0.6 is 11.6 Å². The van der Waals surface area contributed by atoms with Crippen molar-refractivity contribution in [2.24, 2.45) is 0 Å². The van der Waals surface area contributed by atoms with Gasteiger partial charge < -0.3 is 24.4 Å². The predicted octanol–water partition coefficient (Wildman–Crippen LogP) is 4.92. The first-order valence-corrected chi connectivity index (χ1v) is 10.7. The van der Waals surface area contributed by atoms with Crippen LogP contribution in [0.1, 0.15) is 22.8 Å². The molecule has 8 heteroatoms. The van der Waals surface area contributed by atoms with E-state index in [0.717, 1.165) is 5.56 Å². The number of benzene rings is 3. The molecule has 0 radical (unpaired) electrons. The molecule has 4 rings (SSSR count). The number of rotatable bonds is 6. The van der Waals surface area contributed by atoms with Crippen LogP contribution in [-0.4, -0.2) is 32.1 Å². The van der Waals surface area contributed by atoms with Gasteiger partial charge in [-0.25, -0.2) is 0 Å². The lowest BCUT2D eigenvalue weighted by Gasteiger charge is -2.33. The molecule has 1 unspecified atom stereocenters. The Labute approximate surface area is 196 Å². The smallest absolute Gasteiger partial charge is 0.268 e. The van der Waals surface area contributed by atoms with Crippen LogP contribution in [0.3, 0.4) is 0 Å². The first-order valence-electron chi connectivity index (χ1n) is 10.3. The van der Waals surface area contributed by atoms with E-state index in [4.69, 9.17) is 25.8 Å². The van der Waals surface area contributed by atoms with Crippen LogP contribution in [0.2, 0.25) is 5.02 Å². The molecule has 0 aromatic heterocycles. The SMILES string of the molecule is COc1cccc(OC)c1C(=O)Nc1ccc2c(c1)N(Cc1cccc(Cl)c1)C(=O)C(C)O2. The average molecular weight is 467 g/mol. The van der Waals surface area contributed by atoms with Gasteiger partial charge in [-0.1, -0.05) is 29.8 Å². The Bertz CT molecular complexity index is 1190. The molecule has 0 fully saturated rings. The van der Waals surface area contributed by atoms with Gasteiger partial charge in [-0.15, -0.1) is 0 Å². The second kappa shape index (κ2) is 9.42. The van der Waals surface area contributed by atoms with Crippen molar-refractivity contribution in [1.29, 1.82) is 0 Å². The predicted molar refractivity (Wildman–Crippen MR) is 127 cm³/mol. The number of nitrogens with zero attached hydrogens (tertiary/aromatic N) is 1. The number of ether oxygens (including phenoxy) is 3. The maximum Gasteiger partial charge on any atom is 0.268 e. The summed E-state index contributed by atoms with van der Waals surface area (Å²) in [5, 5.41) is 3.45. The van der Waals surface area contributed by atoms with Gasteiger partial charge >= 0.3 is 0 Å². The number of carbonyl (C=O) groups is 2.